The van der Waals surface area contributed by atoms with Gasteiger partial charge < -0.3 is 4.90 Å². The van der Waals surface area contributed by atoms with Crippen LogP contribution in [0, 0.1) is 0 Å². The van der Waals surface area contributed by atoms with Crippen LogP contribution in [0.25, 0.3) is 0 Å². The molecule has 5 nitrogen and oxygen atoms in total. The van der Waals surface area contributed by atoms with Gasteiger partial charge in [0.15, 0.2) is 0 Å². The monoisotopic (exact) mass is 336 g/mol. The molecule has 1 amide bonds. The van der Waals surface area contributed by atoms with E-state index in [4.69, 9.17) is 0 Å². The molecule has 0 aromatic heterocycles. The van der Waals surface area contributed by atoms with E-state index in [1.54, 1.807) is 29.2 Å². The third-order valence-corrected chi connectivity index (χ3v) is 6.25. The van der Waals surface area contributed by atoms with Crippen molar-refractivity contribution in [3.05, 3.63) is 24.3 Å². The molecule has 1 saturated heterocycles. The average Bonchev–Trinajstić information content (AvgIpc) is 2.80. The van der Waals surface area contributed by atoms with E-state index in [1.807, 2.05) is 0 Å². The average molecular weight is 336 g/mol. The Bertz CT molecular complexity index is 647. The number of nitrogens with zero attached hydrogens (tertiary/aromatic N) is 1. The SMILES string of the molecule is O=C1CCCN1c1ccc(S(=O)(=O)NC2CCCCCC2)cc1. The number of carbonyl (C=O) groups excluding carboxylic acids is 1. The molecule has 1 aliphatic heterocycles. The number of anilines is 1. The highest BCUT2D eigenvalue weighted by Crippen LogP contribution is 2.24. The fourth-order valence-corrected chi connectivity index (χ4v) is 4.72. The Morgan fingerprint density at radius 2 is 1.61 bits per heavy atom. The zero-order valence-corrected chi connectivity index (χ0v) is 14.1. The largest absolute Gasteiger partial charge is 0.312 e. The fraction of sp³-hybridized carbons (Fsp3) is 0.588. The van der Waals surface area contributed by atoms with Crippen LogP contribution in [0.3, 0.4) is 0 Å². The van der Waals surface area contributed by atoms with E-state index < -0.39 is 10.0 Å². The molecule has 1 heterocycles. The van der Waals surface area contributed by atoms with Gasteiger partial charge in [0, 0.05) is 24.7 Å². The van der Waals surface area contributed by atoms with E-state index in [2.05, 4.69) is 4.72 Å². The van der Waals surface area contributed by atoms with E-state index in [0.717, 1.165) is 37.8 Å². The number of nitrogens with one attached hydrogen (secondary N) is 1. The molecule has 3 rings (SSSR count). The zero-order valence-electron chi connectivity index (χ0n) is 13.3. The molecule has 1 aromatic carbocycles. The van der Waals surface area contributed by atoms with Crippen LogP contribution in [0.1, 0.15) is 51.4 Å². The zero-order chi connectivity index (χ0) is 16.3. The normalized spacial score (nSPS) is 20.7. The molecule has 1 aliphatic carbocycles. The highest BCUT2D eigenvalue weighted by molar-refractivity contribution is 7.89. The molecule has 1 N–H and O–H groups in total. The summed E-state index contributed by atoms with van der Waals surface area (Å²) in [7, 11) is -3.48. The highest BCUT2D eigenvalue weighted by Gasteiger charge is 2.24. The van der Waals surface area contributed by atoms with Crippen molar-refractivity contribution in [2.45, 2.75) is 62.3 Å². The predicted molar refractivity (Wildman–Crippen MR) is 89.8 cm³/mol. The van der Waals surface area contributed by atoms with Gasteiger partial charge in [-0.1, -0.05) is 25.7 Å². The first-order chi connectivity index (χ1) is 11.1. The highest BCUT2D eigenvalue weighted by atomic mass is 32.2. The van der Waals surface area contributed by atoms with Gasteiger partial charge in [0.05, 0.1) is 4.90 Å². The lowest BCUT2D eigenvalue weighted by atomic mass is 10.1. The van der Waals surface area contributed by atoms with Crippen LogP contribution in [-0.4, -0.2) is 26.9 Å². The molecule has 2 aliphatic rings. The van der Waals surface area contributed by atoms with Crippen LogP contribution in [0.4, 0.5) is 5.69 Å². The summed E-state index contributed by atoms with van der Waals surface area (Å²) < 4.78 is 27.9. The van der Waals surface area contributed by atoms with Crippen molar-refractivity contribution in [3.8, 4) is 0 Å². The Kier molecular flexibility index (Phi) is 5.02. The van der Waals surface area contributed by atoms with Gasteiger partial charge in [0.1, 0.15) is 0 Å². The van der Waals surface area contributed by atoms with Crippen molar-refractivity contribution < 1.29 is 13.2 Å². The second-order valence-corrected chi connectivity index (χ2v) is 8.17. The number of carbonyl (C=O) groups is 1. The molecular formula is C17H24N2O3S. The topological polar surface area (TPSA) is 66.5 Å². The van der Waals surface area contributed by atoms with Crippen molar-refractivity contribution in [1.29, 1.82) is 0 Å². The van der Waals surface area contributed by atoms with E-state index in [9.17, 15) is 13.2 Å². The summed E-state index contributed by atoms with van der Waals surface area (Å²) in [4.78, 5) is 13.7. The molecule has 0 atom stereocenters. The van der Waals surface area contributed by atoms with Gasteiger partial charge in [-0.3, -0.25) is 4.79 Å². The lowest BCUT2D eigenvalue weighted by Crippen LogP contribution is -2.34. The predicted octanol–water partition coefficient (Wildman–Crippen LogP) is 2.81. The number of hydrogen-bond donors (Lipinski definition) is 1. The van der Waals surface area contributed by atoms with Crippen molar-refractivity contribution >= 4 is 21.6 Å². The molecule has 23 heavy (non-hydrogen) atoms. The van der Waals surface area contributed by atoms with Gasteiger partial charge in [-0.05, 0) is 43.5 Å². The number of hydrogen-bond acceptors (Lipinski definition) is 3. The van der Waals surface area contributed by atoms with Gasteiger partial charge >= 0.3 is 0 Å². The molecule has 0 radical (unpaired) electrons. The molecule has 1 aromatic rings. The first-order valence-electron chi connectivity index (χ1n) is 8.49. The van der Waals surface area contributed by atoms with Crippen LogP contribution >= 0.6 is 0 Å². The first-order valence-corrected chi connectivity index (χ1v) is 9.97. The lowest BCUT2D eigenvalue weighted by Gasteiger charge is -2.18. The van der Waals surface area contributed by atoms with E-state index in [0.29, 0.717) is 13.0 Å². The molecule has 6 heteroatoms. The van der Waals surface area contributed by atoms with E-state index >= 15 is 0 Å². The minimum Gasteiger partial charge on any atom is -0.312 e. The van der Waals surface area contributed by atoms with E-state index in [1.165, 1.54) is 12.8 Å². The third kappa shape index (κ3) is 3.93. The molecule has 126 valence electrons. The summed E-state index contributed by atoms with van der Waals surface area (Å²) in [6, 6.07) is 6.69. The maximum Gasteiger partial charge on any atom is 0.240 e. The number of rotatable bonds is 4. The van der Waals surface area contributed by atoms with Crippen LogP contribution in [-0.2, 0) is 14.8 Å². The van der Waals surface area contributed by atoms with Gasteiger partial charge in [-0.2, -0.15) is 0 Å². The number of sulfonamides is 1. The molecular weight excluding hydrogens is 312 g/mol. The van der Waals surface area contributed by atoms with E-state index in [-0.39, 0.29) is 16.8 Å². The number of benzene rings is 1. The summed E-state index contributed by atoms with van der Waals surface area (Å²) >= 11 is 0. The smallest absolute Gasteiger partial charge is 0.240 e. The quantitative estimate of drug-likeness (QED) is 0.860. The van der Waals surface area contributed by atoms with Crippen molar-refractivity contribution in [2.75, 3.05) is 11.4 Å². The fourth-order valence-electron chi connectivity index (χ4n) is 3.41. The maximum atomic E-state index is 12.5. The Labute approximate surface area is 138 Å². The second-order valence-electron chi connectivity index (χ2n) is 6.45. The summed E-state index contributed by atoms with van der Waals surface area (Å²) in [6.07, 6.45) is 7.82. The van der Waals surface area contributed by atoms with Crippen LogP contribution in [0.15, 0.2) is 29.2 Å². The molecule has 1 saturated carbocycles. The van der Waals surface area contributed by atoms with Gasteiger partial charge in [-0.25, -0.2) is 13.1 Å². The van der Waals surface area contributed by atoms with Crippen LogP contribution in [0.5, 0.6) is 0 Å². The lowest BCUT2D eigenvalue weighted by molar-refractivity contribution is -0.117. The Morgan fingerprint density at radius 1 is 0.957 bits per heavy atom. The molecule has 2 fully saturated rings. The van der Waals surface area contributed by atoms with Gasteiger partial charge in [-0.15, -0.1) is 0 Å². The second kappa shape index (κ2) is 7.01. The van der Waals surface area contributed by atoms with Crippen LogP contribution < -0.4 is 9.62 Å². The molecule has 0 bridgehead atoms. The van der Waals surface area contributed by atoms with Crippen molar-refractivity contribution in [2.24, 2.45) is 0 Å². The summed E-state index contributed by atoms with van der Waals surface area (Å²) in [6.45, 7) is 0.714. The molecule has 0 unspecified atom stereocenters. The Balaban J connectivity index is 1.71. The van der Waals surface area contributed by atoms with Crippen molar-refractivity contribution in [1.82, 2.24) is 4.72 Å². The standard InChI is InChI=1S/C17H24N2O3S/c20-17-8-5-13-19(17)15-9-11-16(12-10-15)23(21,22)18-14-6-3-1-2-4-7-14/h9-12,14,18H,1-8,13H2. The minimum absolute atomic E-state index is 0.0438. The minimum atomic E-state index is -3.48. The summed E-state index contributed by atoms with van der Waals surface area (Å²) in [5, 5.41) is 0. The Morgan fingerprint density at radius 3 is 2.17 bits per heavy atom. The third-order valence-electron chi connectivity index (χ3n) is 4.71. The summed E-state index contributed by atoms with van der Waals surface area (Å²) in [5.41, 5.74) is 0.779. The summed E-state index contributed by atoms with van der Waals surface area (Å²) in [5.74, 6) is 0.109. The van der Waals surface area contributed by atoms with Gasteiger partial charge in [0.2, 0.25) is 15.9 Å². The first kappa shape index (κ1) is 16.5. The Hall–Kier alpha value is -1.40. The van der Waals surface area contributed by atoms with Crippen LogP contribution in [0.2, 0.25) is 0 Å². The van der Waals surface area contributed by atoms with Gasteiger partial charge in [0.25, 0.3) is 0 Å². The number of amides is 1. The van der Waals surface area contributed by atoms with Crippen molar-refractivity contribution in [3.63, 3.8) is 0 Å². The maximum absolute atomic E-state index is 12.5. The molecule has 0 spiro atoms.